The van der Waals surface area contributed by atoms with Crippen molar-refractivity contribution in [2.75, 3.05) is 14.2 Å². The zero-order valence-electron chi connectivity index (χ0n) is 19.3. The molecule has 180 valence electrons. The van der Waals surface area contributed by atoms with Crippen LogP contribution in [-0.4, -0.2) is 29.3 Å². The van der Waals surface area contributed by atoms with Gasteiger partial charge in [0.15, 0.2) is 11.5 Å². The Morgan fingerprint density at radius 3 is 2.17 bits per heavy atom. The molecule has 0 aliphatic carbocycles. The number of nitrogens with zero attached hydrogens (tertiary/aromatic N) is 2. The molecule has 0 fully saturated rings. The predicted octanol–water partition coefficient (Wildman–Crippen LogP) is 3.20. The van der Waals surface area contributed by atoms with E-state index in [2.05, 4.69) is 5.32 Å². The number of hydrogen-bond donors (Lipinski definition) is 1. The van der Waals surface area contributed by atoms with Gasteiger partial charge in [0.05, 0.1) is 31.8 Å². The van der Waals surface area contributed by atoms with E-state index in [1.165, 1.54) is 23.4 Å². The Kier molecular flexibility index (Phi) is 7.22. The first-order valence-corrected chi connectivity index (χ1v) is 11.2. The molecule has 0 saturated heterocycles. The van der Waals surface area contributed by atoms with Gasteiger partial charge in [-0.15, -0.1) is 0 Å². The summed E-state index contributed by atoms with van der Waals surface area (Å²) in [5, 5.41) is 3.37. The fourth-order valence-electron chi connectivity index (χ4n) is 3.94. The van der Waals surface area contributed by atoms with Crippen LogP contribution in [0.25, 0.3) is 11.0 Å². The van der Waals surface area contributed by atoms with E-state index in [-0.39, 0.29) is 19.6 Å². The lowest BCUT2D eigenvalue weighted by atomic mass is 10.2. The second-order valence-corrected chi connectivity index (χ2v) is 8.26. The van der Waals surface area contributed by atoms with E-state index in [9.17, 15) is 14.4 Å². The van der Waals surface area contributed by atoms with Gasteiger partial charge < -0.3 is 14.8 Å². The molecule has 0 atom stereocenters. The SMILES string of the molecule is COc1cccc(CNC(=O)Cn2c(=O)c(=O)n(Cc3ccc(Cl)cc3)c3ccccc32)c1OC. The maximum atomic E-state index is 13.0. The zero-order chi connectivity index (χ0) is 24.9. The standard InChI is InChI=1S/C26H24ClN3O5/c1-34-22-9-5-6-18(24(22)35-2)14-28-23(31)16-30-21-8-4-3-7-20(21)29(25(32)26(30)33)15-17-10-12-19(27)13-11-17/h3-13H,14-16H2,1-2H3,(H,28,31). The van der Waals surface area contributed by atoms with Gasteiger partial charge >= 0.3 is 11.1 Å². The van der Waals surface area contributed by atoms with Crippen molar-refractivity contribution in [2.45, 2.75) is 19.6 Å². The van der Waals surface area contributed by atoms with E-state index in [0.29, 0.717) is 27.6 Å². The minimum Gasteiger partial charge on any atom is -0.493 e. The molecule has 1 heterocycles. The highest BCUT2D eigenvalue weighted by molar-refractivity contribution is 6.30. The Labute approximate surface area is 206 Å². The quantitative estimate of drug-likeness (QED) is 0.381. The average molecular weight is 494 g/mol. The van der Waals surface area contributed by atoms with Gasteiger partial charge in [-0.25, -0.2) is 0 Å². The summed E-state index contributed by atoms with van der Waals surface area (Å²) in [6.07, 6.45) is 0. The number of methoxy groups -OCH3 is 2. The number of fused-ring (bicyclic) bond motifs is 1. The van der Waals surface area contributed by atoms with Crippen LogP contribution >= 0.6 is 11.6 Å². The number of nitrogens with one attached hydrogen (secondary N) is 1. The summed E-state index contributed by atoms with van der Waals surface area (Å²) in [5.41, 5.74) is 1.10. The molecule has 8 nitrogen and oxygen atoms in total. The molecule has 0 aliphatic rings. The van der Waals surface area contributed by atoms with Gasteiger partial charge in [-0.2, -0.15) is 0 Å². The van der Waals surface area contributed by atoms with Crippen LogP contribution in [0, 0.1) is 0 Å². The minimum absolute atomic E-state index is 0.166. The van der Waals surface area contributed by atoms with E-state index >= 15 is 0 Å². The smallest absolute Gasteiger partial charge is 0.317 e. The number of carbonyl (C=O) groups excluding carboxylic acids is 1. The average Bonchev–Trinajstić information content (AvgIpc) is 2.88. The minimum atomic E-state index is -0.772. The topological polar surface area (TPSA) is 91.6 Å². The molecule has 0 bridgehead atoms. The summed E-state index contributed by atoms with van der Waals surface area (Å²) in [7, 11) is 3.06. The Morgan fingerprint density at radius 1 is 0.857 bits per heavy atom. The third-order valence-electron chi connectivity index (χ3n) is 5.65. The van der Waals surface area contributed by atoms with E-state index in [4.69, 9.17) is 21.1 Å². The molecule has 0 unspecified atom stereocenters. The van der Waals surface area contributed by atoms with Crippen molar-refractivity contribution in [1.29, 1.82) is 0 Å². The molecule has 1 N–H and O–H groups in total. The summed E-state index contributed by atoms with van der Waals surface area (Å²) in [6, 6.07) is 19.4. The fourth-order valence-corrected chi connectivity index (χ4v) is 4.07. The fraction of sp³-hybridized carbons (Fsp3) is 0.192. The first kappa shape index (κ1) is 24.1. The normalized spacial score (nSPS) is 10.8. The van der Waals surface area contributed by atoms with Crippen LogP contribution in [0.15, 0.2) is 76.3 Å². The Morgan fingerprint density at radius 2 is 1.51 bits per heavy atom. The lowest BCUT2D eigenvalue weighted by molar-refractivity contribution is -0.121. The molecule has 4 rings (SSSR count). The van der Waals surface area contributed by atoms with Crippen molar-refractivity contribution in [3.8, 4) is 11.5 Å². The predicted molar refractivity (Wildman–Crippen MR) is 134 cm³/mol. The molecule has 1 aromatic heterocycles. The number of halogens is 1. The van der Waals surface area contributed by atoms with E-state index in [1.807, 2.05) is 0 Å². The third-order valence-corrected chi connectivity index (χ3v) is 5.90. The van der Waals surface area contributed by atoms with Crippen LogP contribution < -0.4 is 25.9 Å². The van der Waals surface area contributed by atoms with Gasteiger partial charge in [-0.05, 0) is 35.9 Å². The lowest BCUT2D eigenvalue weighted by Crippen LogP contribution is -2.44. The number of rotatable bonds is 8. The van der Waals surface area contributed by atoms with E-state index < -0.39 is 17.0 Å². The number of para-hydroxylation sites is 3. The number of carbonyl (C=O) groups is 1. The molecular weight excluding hydrogens is 470 g/mol. The molecule has 0 saturated carbocycles. The summed E-state index contributed by atoms with van der Waals surface area (Å²) in [5.74, 6) is 0.644. The van der Waals surface area contributed by atoms with Crippen molar-refractivity contribution < 1.29 is 14.3 Å². The summed E-state index contributed by atoms with van der Waals surface area (Å²) in [4.78, 5) is 38.9. The largest absolute Gasteiger partial charge is 0.493 e. The molecule has 9 heteroatoms. The Hall–Kier alpha value is -4.04. The number of ether oxygens (including phenoxy) is 2. The first-order chi connectivity index (χ1) is 16.9. The van der Waals surface area contributed by atoms with Gasteiger partial charge in [0.2, 0.25) is 5.91 Å². The zero-order valence-corrected chi connectivity index (χ0v) is 20.0. The monoisotopic (exact) mass is 493 g/mol. The summed E-state index contributed by atoms with van der Waals surface area (Å²) < 4.78 is 13.3. The maximum absolute atomic E-state index is 13.0. The number of benzene rings is 3. The molecule has 0 radical (unpaired) electrons. The van der Waals surface area contributed by atoms with Gasteiger partial charge in [-0.3, -0.25) is 23.5 Å². The van der Waals surface area contributed by atoms with Gasteiger partial charge in [0.1, 0.15) is 6.54 Å². The Bertz CT molecular complexity index is 1490. The lowest BCUT2D eigenvalue weighted by Gasteiger charge is -2.16. The van der Waals surface area contributed by atoms with Gasteiger partial charge in [0.25, 0.3) is 0 Å². The first-order valence-electron chi connectivity index (χ1n) is 10.9. The van der Waals surface area contributed by atoms with Crippen LogP contribution in [-0.2, 0) is 24.4 Å². The van der Waals surface area contributed by atoms with Crippen LogP contribution in [0.4, 0.5) is 0 Å². The van der Waals surface area contributed by atoms with Crippen LogP contribution in [0.1, 0.15) is 11.1 Å². The molecular formula is C26H24ClN3O5. The van der Waals surface area contributed by atoms with Crippen LogP contribution in [0.2, 0.25) is 5.02 Å². The van der Waals surface area contributed by atoms with Crippen LogP contribution in [0.3, 0.4) is 0 Å². The number of hydrogen-bond acceptors (Lipinski definition) is 5. The maximum Gasteiger partial charge on any atom is 0.317 e. The van der Waals surface area contributed by atoms with Crippen molar-refractivity contribution in [3.63, 3.8) is 0 Å². The van der Waals surface area contributed by atoms with Crippen molar-refractivity contribution >= 4 is 28.5 Å². The third kappa shape index (κ3) is 5.07. The van der Waals surface area contributed by atoms with Crippen molar-refractivity contribution in [3.05, 3.63) is 104 Å². The highest BCUT2D eigenvalue weighted by Gasteiger charge is 2.16. The second kappa shape index (κ2) is 10.5. The molecule has 4 aromatic rings. The highest BCUT2D eigenvalue weighted by atomic mass is 35.5. The van der Waals surface area contributed by atoms with E-state index in [0.717, 1.165) is 11.1 Å². The summed E-state index contributed by atoms with van der Waals surface area (Å²) >= 11 is 5.96. The molecule has 35 heavy (non-hydrogen) atoms. The van der Waals surface area contributed by atoms with Gasteiger partial charge in [-0.1, -0.05) is 48.0 Å². The number of aromatic nitrogens is 2. The number of amides is 1. The Balaban J connectivity index is 1.62. The molecule has 3 aromatic carbocycles. The van der Waals surface area contributed by atoms with Gasteiger partial charge in [0, 0.05) is 17.1 Å². The van der Waals surface area contributed by atoms with Crippen molar-refractivity contribution in [1.82, 2.24) is 14.5 Å². The van der Waals surface area contributed by atoms with E-state index in [1.54, 1.807) is 66.7 Å². The molecule has 1 amide bonds. The van der Waals surface area contributed by atoms with Crippen molar-refractivity contribution in [2.24, 2.45) is 0 Å². The van der Waals surface area contributed by atoms with Crippen LogP contribution in [0.5, 0.6) is 11.5 Å². The second-order valence-electron chi connectivity index (χ2n) is 7.83. The highest BCUT2D eigenvalue weighted by Crippen LogP contribution is 2.30. The molecule has 0 spiro atoms. The molecule has 0 aliphatic heterocycles. The summed E-state index contributed by atoms with van der Waals surface area (Å²) in [6.45, 7) is 0.0661.